The van der Waals surface area contributed by atoms with E-state index >= 15 is 0 Å². The molecule has 1 radical (unpaired) electrons. The van der Waals surface area contributed by atoms with E-state index in [0.29, 0.717) is 0 Å². The highest BCUT2D eigenvalue weighted by Crippen LogP contribution is 2.07. The van der Waals surface area contributed by atoms with Gasteiger partial charge in [-0.15, -0.1) is 0 Å². The Balaban J connectivity index is 4.40. The van der Waals surface area contributed by atoms with Crippen molar-refractivity contribution in [3.05, 3.63) is 30.7 Å². The van der Waals surface area contributed by atoms with Crippen molar-refractivity contribution >= 4 is 11.6 Å². The average Bonchev–Trinajstić information content (AvgIpc) is 2.14. The first-order chi connectivity index (χ1) is 6.77. The molecule has 0 fully saturated rings. The van der Waals surface area contributed by atoms with Crippen molar-refractivity contribution in [2.24, 2.45) is 0 Å². The number of carbonyl (C=O) groups is 2. The van der Waals surface area contributed by atoms with Crippen LogP contribution in [0.2, 0.25) is 0 Å². The molecular formula is C11H15O4. The van der Waals surface area contributed by atoms with Crippen molar-refractivity contribution < 1.29 is 19.8 Å². The number of carbonyl (C=O) groups excluding carboxylic acids is 2. The summed E-state index contributed by atoms with van der Waals surface area (Å²) in [5, 5.41) is 18.6. The summed E-state index contributed by atoms with van der Waals surface area (Å²) in [5.41, 5.74) is 0.349. The topological polar surface area (TPSA) is 74.6 Å². The molecule has 4 nitrogen and oxygen atoms in total. The highest BCUT2D eigenvalue weighted by Gasteiger charge is 2.26. The fraction of sp³-hybridized carbons (Fsp3) is 0.364. The molecule has 0 aliphatic heterocycles. The fourth-order valence-electron chi connectivity index (χ4n) is 0.796. The van der Waals surface area contributed by atoms with Crippen LogP contribution in [0.5, 0.6) is 0 Å². The van der Waals surface area contributed by atoms with Crippen LogP contribution in [-0.2, 0) is 9.59 Å². The zero-order valence-corrected chi connectivity index (χ0v) is 8.86. The van der Waals surface area contributed by atoms with Crippen LogP contribution in [0, 0.1) is 6.42 Å². The Morgan fingerprint density at radius 1 is 1.13 bits per heavy atom. The lowest BCUT2D eigenvalue weighted by Crippen LogP contribution is -2.36. The highest BCUT2D eigenvalue weighted by molar-refractivity contribution is 6.03. The summed E-state index contributed by atoms with van der Waals surface area (Å²) in [6.45, 7) is 9.59. The largest absolute Gasteiger partial charge is 0.389 e. The lowest BCUT2D eigenvalue weighted by atomic mass is 9.99. The van der Waals surface area contributed by atoms with E-state index in [1.165, 1.54) is 13.8 Å². The Kier molecular flexibility index (Phi) is 5.11. The van der Waals surface area contributed by atoms with E-state index in [4.69, 9.17) is 0 Å². The Hall–Kier alpha value is -1.26. The van der Waals surface area contributed by atoms with Gasteiger partial charge in [0.1, 0.15) is 6.10 Å². The van der Waals surface area contributed by atoms with E-state index in [0.717, 1.165) is 6.42 Å². The smallest absolute Gasteiger partial charge is 0.189 e. The van der Waals surface area contributed by atoms with Crippen LogP contribution in [0.25, 0.3) is 0 Å². The quantitative estimate of drug-likeness (QED) is 0.615. The highest BCUT2D eigenvalue weighted by atomic mass is 16.3. The van der Waals surface area contributed by atoms with Gasteiger partial charge in [0, 0.05) is 0 Å². The molecule has 2 N–H and O–H groups in total. The molecule has 0 spiro atoms. The first-order valence-electron chi connectivity index (χ1n) is 4.38. The zero-order chi connectivity index (χ0) is 12.2. The maximum absolute atomic E-state index is 11.2. The number of aliphatic hydroxyl groups excluding tert-OH is 2. The summed E-state index contributed by atoms with van der Waals surface area (Å²) in [6.07, 6.45) is -2.32. The number of hydrogen-bond acceptors (Lipinski definition) is 4. The Morgan fingerprint density at radius 3 is 1.93 bits per heavy atom. The van der Waals surface area contributed by atoms with Crippen molar-refractivity contribution in [2.45, 2.75) is 26.1 Å². The minimum absolute atomic E-state index is 0.123. The third-order valence-corrected chi connectivity index (χ3v) is 1.76. The first-order valence-corrected chi connectivity index (χ1v) is 4.38. The molecule has 0 aromatic heterocycles. The second kappa shape index (κ2) is 5.58. The van der Waals surface area contributed by atoms with Gasteiger partial charge in [-0.05, 0) is 25.0 Å². The summed E-state index contributed by atoms with van der Waals surface area (Å²) in [4.78, 5) is 22.3. The number of rotatable bonds is 6. The Morgan fingerprint density at radius 2 is 1.60 bits per heavy atom. The number of Topliss-reactive ketones (excluding diaryl/α,β-unsaturated/α-hetero) is 2. The van der Waals surface area contributed by atoms with E-state index in [-0.39, 0.29) is 11.1 Å². The van der Waals surface area contributed by atoms with Gasteiger partial charge in [-0.25, -0.2) is 0 Å². The van der Waals surface area contributed by atoms with Crippen LogP contribution in [0.3, 0.4) is 0 Å². The van der Waals surface area contributed by atoms with Crippen molar-refractivity contribution in [1.82, 2.24) is 0 Å². The predicted molar refractivity (Wildman–Crippen MR) is 56.0 cm³/mol. The normalized spacial score (nSPS) is 14.1. The average molecular weight is 211 g/mol. The van der Waals surface area contributed by atoms with Crippen molar-refractivity contribution in [3.63, 3.8) is 0 Å². The summed E-state index contributed by atoms with van der Waals surface area (Å²) in [6, 6.07) is 0. The zero-order valence-electron chi connectivity index (χ0n) is 8.86. The fourth-order valence-corrected chi connectivity index (χ4v) is 0.796. The summed E-state index contributed by atoms with van der Waals surface area (Å²) >= 11 is 0. The lowest BCUT2D eigenvalue weighted by molar-refractivity contribution is -0.128. The van der Waals surface area contributed by atoms with Gasteiger partial charge in [0.15, 0.2) is 11.6 Å². The van der Waals surface area contributed by atoms with Gasteiger partial charge in [-0.2, -0.15) is 0 Å². The summed E-state index contributed by atoms with van der Waals surface area (Å²) < 4.78 is 0. The van der Waals surface area contributed by atoms with E-state index in [1.54, 1.807) is 0 Å². The molecule has 15 heavy (non-hydrogen) atoms. The van der Waals surface area contributed by atoms with Crippen LogP contribution in [0.4, 0.5) is 0 Å². The molecule has 0 aromatic carbocycles. The summed E-state index contributed by atoms with van der Waals surface area (Å²) in [7, 11) is 0. The predicted octanol–water partition coefficient (Wildman–Crippen LogP) is 0.203. The molecule has 0 aromatic rings. The van der Waals surface area contributed by atoms with Crippen LogP contribution in [-0.4, -0.2) is 34.0 Å². The minimum Gasteiger partial charge on any atom is -0.389 e. The van der Waals surface area contributed by atoms with Crippen LogP contribution in [0.15, 0.2) is 24.3 Å². The Labute approximate surface area is 88.9 Å². The second-order valence-electron chi connectivity index (χ2n) is 3.39. The Bertz CT molecular complexity index is 304. The van der Waals surface area contributed by atoms with Crippen molar-refractivity contribution in [2.75, 3.05) is 0 Å². The van der Waals surface area contributed by atoms with Gasteiger partial charge in [-0.3, -0.25) is 9.59 Å². The lowest BCUT2D eigenvalue weighted by Gasteiger charge is -2.15. The van der Waals surface area contributed by atoms with E-state index < -0.39 is 23.8 Å². The maximum atomic E-state index is 11.2. The number of aliphatic hydroxyl groups is 2. The number of allylic oxidation sites excluding steroid dienone is 1. The summed E-state index contributed by atoms with van der Waals surface area (Å²) in [5.74, 6) is -1.19. The van der Waals surface area contributed by atoms with E-state index in [2.05, 4.69) is 13.2 Å². The molecule has 0 bridgehead atoms. The van der Waals surface area contributed by atoms with Gasteiger partial charge >= 0.3 is 0 Å². The third kappa shape index (κ3) is 4.18. The molecule has 0 amide bonds. The molecule has 83 valence electrons. The standard InChI is InChI=1S/C11H15O4/c1-6(2)8(12)5-9(13)11(15)10(14)7(3)4/h5,9,11,13,15H,1,3H2,2,4H3. The molecule has 0 aliphatic carbocycles. The van der Waals surface area contributed by atoms with Crippen molar-refractivity contribution in [3.8, 4) is 0 Å². The number of ketones is 2. The van der Waals surface area contributed by atoms with E-state index in [1.807, 2.05) is 0 Å². The SMILES string of the molecule is C=C(C)C(=O)[CH]C(O)C(O)C(=O)C(=C)C. The monoisotopic (exact) mass is 211 g/mol. The van der Waals surface area contributed by atoms with Crippen LogP contribution in [0.1, 0.15) is 13.8 Å². The van der Waals surface area contributed by atoms with Gasteiger partial charge in [0.2, 0.25) is 0 Å². The second-order valence-corrected chi connectivity index (χ2v) is 3.39. The van der Waals surface area contributed by atoms with Gasteiger partial charge in [-0.1, -0.05) is 13.2 Å². The van der Waals surface area contributed by atoms with Crippen molar-refractivity contribution in [1.29, 1.82) is 0 Å². The van der Waals surface area contributed by atoms with E-state index in [9.17, 15) is 19.8 Å². The van der Waals surface area contributed by atoms with Crippen LogP contribution >= 0.6 is 0 Å². The minimum atomic E-state index is -1.65. The van der Waals surface area contributed by atoms with Gasteiger partial charge in [0.05, 0.1) is 12.5 Å². The van der Waals surface area contributed by atoms with Gasteiger partial charge < -0.3 is 10.2 Å². The maximum Gasteiger partial charge on any atom is 0.189 e. The molecule has 0 rings (SSSR count). The molecule has 0 saturated carbocycles. The molecule has 0 saturated heterocycles. The third-order valence-electron chi connectivity index (χ3n) is 1.76. The molecule has 2 atom stereocenters. The molecule has 2 unspecified atom stereocenters. The number of hydrogen-bond donors (Lipinski definition) is 2. The van der Waals surface area contributed by atoms with Crippen LogP contribution < -0.4 is 0 Å². The molecule has 0 aliphatic rings. The molecule has 4 heteroatoms. The first kappa shape index (κ1) is 13.7. The molecule has 0 heterocycles. The molecular weight excluding hydrogens is 196 g/mol. The van der Waals surface area contributed by atoms with Gasteiger partial charge in [0.25, 0.3) is 0 Å².